The zero-order valence-electron chi connectivity index (χ0n) is 9.27. The topological polar surface area (TPSA) is 80.1 Å². The summed E-state index contributed by atoms with van der Waals surface area (Å²) in [4.78, 5) is 14.0. The van der Waals surface area contributed by atoms with E-state index < -0.39 is 4.92 Å². The third kappa shape index (κ3) is 3.82. The predicted octanol–water partition coefficient (Wildman–Crippen LogP) is 1.40. The number of nitrogens with zero attached hydrogens (tertiary/aromatic N) is 2. The normalized spacial score (nSPS) is 10.1. The number of hydrogen-bond acceptors (Lipinski definition) is 5. The van der Waals surface area contributed by atoms with E-state index in [1.54, 1.807) is 6.07 Å². The van der Waals surface area contributed by atoms with Gasteiger partial charge < -0.3 is 10.6 Å². The zero-order chi connectivity index (χ0) is 11.8. The average Bonchev–Trinajstić information content (AvgIpc) is 2.29. The van der Waals surface area contributed by atoms with Gasteiger partial charge in [-0.25, -0.2) is 0 Å². The van der Waals surface area contributed by atoms with Gasteiger partial charge in [-0.2, -0.15) is 0 Å². The Labute approximate surface area is 94.2 Å². The van der Waals surface area contributed by atoms with Crippen molar-refractivity contribution in [3.8, 4) is 0 Å². The summed E-state index contributed by atoms with van der Waals surface area (Å²) in [5, 5.41) is 16.9. The van der Waals surface area contributed by atoms with Gasteiger partial charge in [-0.1, -0.05) is 6.92 Å². The molecule has 1 heterocycles. The Morgan fingerprint density at radius 3 is 2.94 bits per heavy atom. The SMILES string of the molecule is CCCNCCNc1ccncc1[N+](=O)[O-]. The lowest BCUT2D eigenvalue weighted by molar-refractivity contribution is -0.384. The van der Waals surface area contributed by atoms with Gasteiger partial charge >= 0.3 is 5.69 Å². The van der Waals surface area contributed by atoms with E-state index in [-0.39, 0.29) is 5.69 Å². The number of nitro groups is 1. The van der Waals surface area contributed by atoms with Crippen molar-refractivity contribution in [2.24, 2.45) is 0 Å². The highest BCUT2D eigenvalue weighted by molar-refractivity contribution is 5.59. The van der Waals surface area contributed by atoms with E-state index in [4.69, 9.17) is 0 Å². The van der Waals surface area contributed by atoms with E-state index in [0.717, 1.165) is 19.5 Å². The monoisotopic (exact) mass is 224 g/mol. The molecule has 1 aromatic heterocycles. The summed E-state index contributed by atoms with van der Waals surface area (Å²) in [7, 11) is 0. The molecule has 1 rings (SSSR count). The molecule has 0 atom stereocenters. The molecular formula is C10H16N4O2. The number of nitrogens with one attached hydrogen (secondary N) is 2. The van der Waals surface area contributed by atoms with Crippen molar-refractivity contribution in [3.63, 3.8) is 0 Å². The summed E-state index contributed by atoms with van der Waals surface area (Å²) in [6.45, 7) is 4.49. The molecule has 2 N–H and O–H groups in total. The summed E-state index contributed by atoms with van der Waals surface area (Å²) < 4.78 is 0. The molecule has 0 spiro atoms. The molecule has 16 heavy (non-hydrogen) atoms. The van der Waals surface area contributed by atoms with Gasteiger partial charge in [0.2, 0.25) is 0 Å². The second kappa shape index (κ2) is 6.73. The Kier molecular flexibility index (Phi) is 5.21. The van der Waals surface area contributed by atoms with Gasteiger partial charge in [0.1, 0.15) is 11.9 Å². The van der Waals surface area contributed by atoms with E-state index in [1.807, 2.05) is 0 Å². The Hall–Kier alpha value is -1.69. The maximum atomic E-state index is 10.7. The first-order valence-electron chi connectivity index (χ1n) is 5.28. The Balaban J connectivity index is 2.44. The lowest BCUT2D eigenvalue weighted by atomic mass is 10.3. The fourth-order valence-electron chi connectivity index (χ4n) is 1.27. The van der Waals surface area contributed by atoms with Gasteiger partial charge in [-0.3, -0.25) is 15.1 Å². The van der Waals surface area contributed by atoms with Crippen LogP contribution in [0, 0.1) is 10.1 Å². The van der Waals surface area contributed by atoms with Crippen LogP contribution in [0.25, 0.3) is 0 Å². The Bertz CT molecular complexity index is 343. The van der Waals surface area contributed by atoms with Crippen LogP contribution in [-0.2, 0) is 0 Å². The lowest BCUT2D eigenvalue weighted by Crippen LogP contribution is -2.22. The van der Waals surface area contributed by atoms with Gasteiger partial charge in [0.15, 0.2) is 0 Å². The standard InChI is InChI=1S/C10H16N4O2/c1-2-4-11-6-7-13-9-3-5-12-8-10(9)14(15)16/h3,5,8,11H,2,4,6-7H2,1H3,(H,12,13). The van der Waals surface area contributed by atoms with Crippen molar-refractivity contribution in [2.45, 2.75) is 13.3 Å². The summed E-state index contributed by atoms with van der Waals surface area (Å²) in [5.41, 5.74) is 0.524. The van der Waals surface area contributed by atoms with Crippen LogP contribution in [0.3, 0.4) is 0 Å². The second-order valence-corrected chi connectivity index (χ2v) is 3.33. The van der Waals surface area contributed by atoms with Crippen LogP contribution in [0.1, 0.15) is 13.3 Å². The van der Waals surface area contributed by atoms with Gasteiger partial charge in [-0.05, 0) is 19.0 Å². The predicted molar refractivity (Wildman–Crippen MR) is 62.5 cm³/mol. The average molecular weight is 224 g/mol. The van der Waals surface area contributed by atoms with Crippen LogP contribution < -0.4 is 10.6 Å². The highest BCUT2D eigenvalue weighted by Gasteiger charge is 2.11. The molecule has 0 radical (unpaired) electrons. The smallest absolute Gasteiger partial charge is 0.310 e. The summed E-state index contributed by atoms with van der Waals surface area (Å²) in [5.74, 6) is 0. The van der Waals surface area contributed by atoms with Crippen molar-refractivity contribution >= 4 is 11.4 Å². The molecule has 0 saturated heterocycles. The van der Waals surface area contributed by atoms with Crippen molar-refractivity contribution < 1.29 is 4.92 Å². The molecule has 88 valence electrons. The van der Waals surface area contributed by atoms with Crippen molar-refractivity contribution in [1.29, 1.82) is 0 Å². The van der Waals surface area contributed by atoms with Crippen LogP contribution in [0.15, 0.2) is 18.5 Å². The summed E-state index contributed by atoms with van der Waals surface area (Å²) in [6.07, 6.45) is 3.87. The maximum Gasteiger partial charge on any atom is 0.310 e. The third-order valence-corrected chi connectivity index (χ3v) is 2.04. The fourth-order valence-corrected chi connectivity index (χ4v) is 1.27. The van der Waals surface area contributed by atoms with Crippen LogP contribution >= 0.6 is 0 Å². The molecule has 0 fully saturated rings. The molecule has 6 nitrogen and oxygen atoms in total. The molecule has 1 aromatic rings. The highest BCUT2D eigenvalue weighted by Crippen LogP contribution is 2.21. The highest BCUT2D eigenvalue weighted by atomic mass is 16.6. The van der Waals surface area contributed by atoms with Crippen LogP contribution in [0.4, 0.5) is 11.4 Å². The van der Waals surface area contributed by atoms with Crippen molar-refractivity contribution in [3.05, 3.63) is 28.6 Å². The number of aromatic nitrogens is 1. The lowest BCUT2D eigenvalue weighted by Gasteiger charge is -2.06. The largest absolute Gasteiger partial charge is 0.378 e. The number of hydrogen-bond donors (Lipinski definition) is 2. The molecular weight excluding hydrogens is 208 g/mol. The van der Waals surface area contributed by atoms with E-state index in [9.17, 15) is 10.1 Å². The van der Waals surface area contributed by atoms with Crippen molar-refractivity contribution in [2.75, 3.05) is 25.0 Å². The van der Waals surface area contributed by atoms with Gasteiger partial charge in [-0.15, -0.1) is 0 Å². The van der Waals surface area contributed by atoms with E-state index in [1.165, 1.54) is 12.4 Å². The van der Waals surface area contributed by atoms with Crippen molar-refractivity contribution in [1.82, 2.24) is 10.3 Å². The zero-order valence-corrected chi connectivity index (χ0v) is 9.27. The van der Waals surface area contributed by atoms with E-state index >= 15 is 0 Å². The first-order valence-corrected chi connectivity index (χ1v) is 5.28. The molecule has 0 aliphatic rings. The first-order chi connectivity index (χ1) is 7.75. The molecule has 0 aromatic carbocycles. The molecule has 0 aliphatic heterocycles. The quantitative estimate of drug-likeness (QED) is 0.415. The summed E-state index contributed by atoms with van der Waals surface area (Å²) >= 11 is 0. The van der Waals surface area contributed by atoms with Crippen LogP contribution in [0.5, 0.6) is 0 Å². The minimum absolute atomic E-state index is 0.0120. The summed E-state index contributed by atoms with van der Waals surface area (Å²) in [6, 6.07) is 1.61. The van der Waals surface area contributed by atoms with E-state index in [2.05, 4.69) is 22.5 Å². The van der Waals surface area contributed by atoms with Gasteiger partial charge in [0.25, 0.3) is 0 Å². The fraction of sp³-hybridized carbons (Fsp3) is 0.500. The maximum absolute atomic E-state index is 10.7. The first kappa shape index (κ1) is 12.4. The van der Waals surface area contributed by atoms with Gasteiger partial charge in [0, 0.05) is 19.3 Å². The molecule has 0 saturated carbocycles. The molecule has 0 bridgehead atoms. The molecule has 6 heteroatoms. The Morgan fingerprint density at radius 1 is 1.44 bits per heavy atom. The number of pyridine rings is 1. The van der Waals surface area contributed by atoms with E-state index in [0.29, 0.717) is 12.2 Å². The minimum Gasteiger partial charge on any atom is -0.378 e. The molecule has 0 unspecified atom stereocenters. The Morgan fingerprint density at radius 2 is 2.25 bits per heavy atom. The van der Waals surface area contributed by atoms with Gasteiger partial charge in [0.05, 0.1) is 4.92 Å². The number of anilines is 1. The third-order valence-electron chi connectivity index (χ3n) is 2.04. The molecule has 0 aliphatic carbocycles. The van der Waals surface area contributed by atoms with Crippen LogP contribution in [-0.4, -0.2) is 29.5 Å². The second-order valence-electron chi connectivity index (χ2n) is 3.33. The minimum atomic E-state index is -0.436. The molecule has 0 amide bonds. The number of rotatable bonds is 7. The van der Waals surface area contributed by atoms with Crippen LogP contribution in [0.2, 0.25) is 0 Å².